The molecule has 1 aliphatic carbocycles. The van der Waals surface area contributed by atoms with Crippen LogP contribution in [0.2, 0.25) is 5.02 Å². The van der Waals surface area contributed by atoms with Crippen LogP contribution in [-0.4, -0.2) is 24.9 Å². The molecule has 1 heterocycles. The number of carbonyl (C=O) groups excluding carboxylic acids is 2. The molecule has 0 radical (unpaired) electrons. The Morgan fingerprint density at radius 2 is 1.92 bits per heavy atom. The minimum atomic E-state index is -0.490. The van der Waals surface area contributed by atoms with Gasteiger partial charge in [0.15, 0.2) is 5.76 Å². The van der Waals surface area contributed by atoms with Crippen molar-refractivity contribution in [1.29, 1.82) is 0 Å². The van der Waals surface area contributed by atoms with E-state index in [4.69, 9.17) is 16.0 Å². The molecule has 3 rings (SSSR count). The fraction of sp³-hybridized carbons (Fsp3) is 0.333. The van der Waals surface area contributed by atoms with Crippen molar-refractivity contribution in [2.75, 3.05) is 13.1 Å². The van der Waals surface area contributed by atoms with Gasteiger partial charge in [0.25, 0.3) is 5.91 Å². The van der Waals surface area contributed by atoms with E-state index >= 15 is 0 Å². The summed E-state index contributed by atoms with van der Waals surface area (Å²) in [5, 5.41) is 6.26. The zero-order chi connectivity index (χ0) is 17.0. The van der Waals surface area contributed by atoms with Gasteiger partial charge in [0.1, 0.15) is 0 Å². The third-order valence-corrected chi connectivity index (χ3v) is 4.70. The summed E-state index contributed by atoms with van der Waals surface area (Å²) in [6.45, 7) is 0.713. The van der Waals surface area contributed by atoms with E-state index in [0.717, 1.165) is 24.8 Å². The van der Waals surface area contributed by atoms with Gasteiger partial charge in [0.2, 0.25) is 5.91 Å². The quantitative estimate of drug-likeness (QED) is 0.790. The summed E-state index contributed by atoms with van der Waals surface area (Å²) in [7, 11) is 0. The monoisotopic (exact) mass is 346 g/mol. The van der Waals surface area contributed by atoms with E-state index in [2.05, 4.69) is 10.6 Å². The number of carbonyl (C=O) groups is 2. The predicted molar refractivity (Wildman–Crippen MR) is 91.0 cm³/mol. The largest absolute Gasteiger partial charge is 0.459 e. The molecular formula is C18H19ClN2O3. The van der Waals surface area contributed by atoms with Crippen molar-refractivity contribution in [1.82, 2.24) is 10.6 Å². The Morgan fingerprint density at radius 1 is 1.12 bits per heavy atom. The van der Waals surface area contributed by atoms with E-state index in [-0.39, 0.29) is 17.6 Å². The van der Waals surface area contributed by atoms with Crippen molar-refractivity contribution < 1.29 is 14.0 Å². The van der Waals surface area contributed by atoms with Crippen molar-refractivity contribution in [3.8, 4) is 0 Å². The van der Waals surface area contributed by atoms with Crippen LogP contribution in [0.1, 0.15) is 35.4 Å². The van der Waals surface area contributed by atoms with Crippen molar-refractivity contribution in [2.24, 2.45) is 0 Å². The Kier molecular flexibility index (Phi) is 4.90. The van der Waals surface area contributed by atoms with Crippen molar-refractivity contribution in [3.05, 3.63) is 59.0 Å². The van der Waals surface area contributed by atoms with Gasteiger partial charge in [0, 0.05) is 18.1 Å². The number of rotatable bonds is 6. The third kappa shape index (κ3) is 3.31. The van der Waals surface area contributed by atoms with Gasteiger partial charge >= 0.3 is 0 Å². The predicted octanol–water partition coefficient (Wildman–Crippen LogP) is 2.90. The number of amides is 2. The zero-order valence-electron chi connectivity index (χ0n) is 13.2. The van der Waals surface area contributed by atoms with Gasteiger partial charge in [-0.2, -0.15) is 0 Å². The third-order valence-electron chi connectivity index (χ3n) is 4.46. The van der Waals surface area contributed by atoms with Crippen molar-refractivity contribution >= 4 is 23.4 Å². The van der Waals surface area contributed by atoms with Crippen LogP contribution in [0.25, 0.3) is 0 Å². The summed E-state index contributed by atoms with van der Waals surface area (Å²) < 4.78 is 5.01. The first-order valence-electron chi connectivity index (χ1n) is 7.98. The second-order valence-electron chi connectivity index (χ2n) is 5.94. The van der Waals surface area contributed by atoms with Crippen molar-refractivity contribution in [3.63, 3.8) is 0 Å². The fourth-order valence-electron chi connectivity index (χ4n) is 2.98. The van der Waals surface area contributed by atoms with E-state index in [1.165, 1.54) is 6.26 Å². The Morgan fingerprint density at radius 3 is 2.54 bits per heavy atom. The summed E-state index contributed by atoms with van der Waals surface area (Å²) in [4.78, 5) is 24.4. The van der Waals surface area contributed by atoms with E-state index in [1.54, 1.807) is 18.2 Å². The van der Waals surface area contributed by atoms with Crippen LogP contribution >= 0.6 is 11.6 Å². The first-order valence-corrected chi connectivity index (χ1v) is 8.36. The second kappa shape index (κ2) is 7.09. The molecule has 126 valence electrons. The summed E-state index contributed by atoms with van der Waals surface area (Å²) in [5.74, 6) is -0.0403. The van der Waals surface area contributed by atoms with Crippen LogP contribution in [-0.2, 0) is 10.2 Å². The molecule has 2 N–H and O–H groups in total. The van der Waals surface area contributed by atoms with Gasteiger partial charge in [-0.3, -0.25) is 9.59 Å². The van der Waals surface area contributed by atoms with E-state index in [0.29, 0.717) is 18.1 Å². The fourth-order valence-corrected chi connectivity index (χ4v) is 3.17. The zero-order valence-corrected chi connectivity index (χ0v) is 13.9. The van der Waals surface area contributed by atoms with Crippen LogP contribution in [0.4, 0.5) is 0 Å². The average Bonchev–Trinajstić information content (AvgIpc) is 3.05. The molecule has 1 aliphatic rings. The normalized spacial score (nSPS) is 15.4. The Balaban J connectivity index is 1.53. The molecule has 1 saturated carbocycles. The molecule has 0 bridgehead atoms. The molecule has 1 aromatic carbocycles. The Hall–Kier alpha value is -2.27. The van der Waals surface area contributed by atoms with Gasteiger partial charge in [-0.05, 0) is 42.7 Å². The lowest BCUT2D eigenvalue weighted by Crippen LogP contribution is -2.50. The molecule has 0 atom stereocenters. The van der Waals surface area contributed by atoms with Gasteiger partial charge in [-0.1, -0.05) is 30.2 Å². The minimum Gasteiger partial charge on any atom is -0.459 e. The standard InChI is InChI=1S/C18H19ClN2O3/c19-14-5-1-4-13(12-14)18(7-3-8-18)17(23)21-10-9-20-16(22)15-6-2-11-24-15/h1-2,4-6,11-12H,3,7-10H2,(H,20,22)(H,21,23). The average molecular weight is 347 g/mol. The lowest BCUT2D eigenvalue weighted by atomic mass is 9.64. The summed E-state index contributed by atoms with van der Waals surface area (Å²) >= 11 is 6.06. The topological polar surface area (TPSA) is 71.3 Å². The van der Waals surface area contributed by atoms with E-state index in [1.807, 2.05) is 18.2 Å². The molecule has 6 heteroatoms. The molecule has 0 aliphatic heterocycles. The maximum atomic E-state index is 12.6. The summed E-state index contributed by atoms with van der Waals surface area (Å²) in [6.07, 6.45) is 4.10. The van der Waals surface area contributed by atoms with Gasteiger partial charge in [-0.15, -0.1) is 0 Å². The first-order chi connectivity index (χ1) is 11.6. The summed E-state index contributed by atoms with van der Waals surface area (Å²) in [6, 6.07) is 10.7. The highest BCUT2D eigenvalue weighted by Crippen LogP contribution is 2.44. The molecule has 1 fully saturated rings. The lowest BCUT2D eigenvalue weighted by Gasteiger charge is -2.40. The minimum absolute atomic E-state index is 0.0109. The van der Waals surface area contributed by atoms with Gasteiger partial charge in [0.05, 0.1) is 11.7 Å². The Bertz CT molecular complexity index is 724. The molecule has 0 unspecified atom stereocenters. The highest BCUT2D eigenvalue weighted by molar-refractivity contribution is 6.30. The molecular weight excluding hydrogens is 328 g/mol. The molecule has 2 amide bonds. The molecule has 1 aromatic heterocycles. The van der Waals surface area contributed by atoms with Crippen LogP contribution in [0.15, 0.2) is 47.1 Å². The van der Waals surface area contributed by atoms with Gasteiger partial charge in [-0.25, -0.2) is 0 Å². The smallest absolute Gasteiger partial charge is 0.287 e. The molecule has 0 spiro atoms. The molecule has 5 nitrogen and oxygen atoms in total. The number of benzene rings is 1. The number of hydrogen-bond acceptors (Lipinski definition) is 3. The first kappa shape index (κ1) is 16.6. The molecule has 24 heavy (non-hydrogen) atoms. The van der Waals surface area contributed by atoms with Crippen LogP contribution in [0.3, 0.4) is 0 Å². The van der Waals surface area contributed by atoms with Gasteiger partial charge < -0.3 is 15.1 Å². The number of furan rings is 1. The number of nitrogens with one attached hydrogen (secondary N) is 2. The highest BCUT2D eigenvalue weighted by atomic mass is 35.5. The number of hydrogen-bond donors (Lipinski definition) is 2. The SMILES string of the molecule is O=C(NCCNC(=O)C1(c2cccc(Cl)c2)CCC1)c1ccco1. The number of halogens is 1. The second-order valence-corrected chi connectivity index (χ2v) is 6.37. The van der Waals surface area contributed by atoms with E-state index < -0.39 is 5.41 Å². The lowest BCUT2D eigenvalue weighted by molar-refractivity contribution is -0.129. The molecule has 0 saturated heterocycles. The van der Waals surface area contributed by atoms with Crippen LogP contribution < -0.4 is 10.6 Å². The van der Waals surface area contributed by atoms with E-state index in [9.17, 15) is 9.59 Å². The maximum absolute atomic E-state index is 12.6. The Labute approximate surface area is 145 Å². The van der Waals surface area contributed by atoms with Crippen molar-refractivity contribution in [2.45, 2.75) is 24.7 Å². The summed E-state index contributed by atoms with van der Waals surface area (Å²) in [5.41, 5.74) is 0.467. The van der Waals surface area contributed by atoms with Crippen LogP contribution in [0.5, 0.6) is 0 Å². The van der Waals surface area contributed by atoms with Crippen LogP contribution in [0, 0.1) is 0 Å². The maximum Gasteiger partial charge on any atom is 0.287 e. The molecule has 2 aromatic rings. The highest BCUT2D eigenvalue weighted by Gasteiger charge is 2.45.